The molecule has 22 heavy (non-hydrogen) atoms. The van der Waals surface area contributed by atoms with Crippen molar-refractivity contribution in [3.63, 3.8) is 0 Å². The predicted molar refractivity (Wildman–Crippen MR) is 94.2 cm³/mol. The van der Waals surface area contributed by atoms with Crippen LogP contribution in [0.25, 0.3) is 11.3 Å². The molecule has 3 aromatic rings. The van der Waals surface area contributed by atoms with Crippen LogP contribution in [0.15, 0.2) is 64.3 Å². The smallest absolute Gasteiger partial charge is 0.221 e. The van der Waals surface area contributed by atoms with E-state index in [1.165, 1.54) is 0 Å². The highest BCUT2D eigenvalue weighted by Crippen LogP contribution is 2.23. The number of nitrogens with two attached hydrogens (primary N) is 1. The first-order chi connectivity index (χ1) is 10.6. The van der Waals surface area contributed by atoms with Crippen LogP contribution in [-0.4, -0.2) is 15.9 Å². The summed E-state index contributed by atoms with van der Waals surface area (Å²) in [6.07, 6.45) is 3.43. The number of anilines is 1. The van der Waals surface area contributed by atoms with Crippen molar-refractivity contribution >= 4 is 39.7 Å². The van der Waals surface area contributed by atoms with Crippen molar-refractivity contribution in [3.05, 3.63) is 69.8 Å². The van der Waals surface area contributed by atoms with Crippen LogP contribution in [0.5, 0.6) is 0 Å². The lowest BCUT2D eigenvalue weighted by molar-refractivity contribution is 0.906. The number of aromatic nitrogens is 2. The minimum Gasteiger partial charge on any atom is -0.368 e. The Morgan fingerprint density at radius 2 is 1.77 bits per heavy atom. The lowest BCUT2D eigenvalue weighted by Gasteiger charge is -2.04. The maximum absolute atomic E-state index is 5.90. The predicted octanol–water partition coefficient (Wildman–Crippen LogP) is 4.43. The van der Waals surface area contributed by atoms with E-state index < -0.39 is 0 Å². The molecule has 0 aliphatic rings. The fourth-order valence-corrected chi connectivity index (χ4v) is 2.36. The maximum Gasteiger partial charge on any atom is 0.221 e. The summed E-state index contributed by atoms with van der Waals surface area (Å²) in [4.78, 5) is 4.14. The van der Waals surface area contributed by atoms with Crippen LogP contribution in [0.2, 0.25) is 5.02 Å². The Morgan fingerprint density at radius 3 is 2.45 bits per heavy atom. The fraction of sp³-hybridized carbons (Fsp3) is 0. The third kappa shape index (κ3) is 3.21. The summed E-state index contributed by atoms with van der Waals surface area (Å²) in [5.41, 5.74) is 8.65. The molecule has 1 aromatic heterocycles. The van der Waals surface area contributed by atoms with Gasteiger partial charge in [0.1, 0.15) is 0 Å². The van der Waals surface area contributed by atoms with Gasteiger partial charge in [-0.05, 0) is 29.8 Å². The average molecular weight is 376 g/mol. The Balaban J connectivity index is 1.95. The normalized spacial score (nSPS) is 11.2. The lowest BCUT2D eigenvalue weighted by atomic mass is 10.2. The van der Waals surface area contributed by atoms with Gasteiger partial charge in [-0.15, -0.1) is 0 Å². The van der Waals surface area contributed by atoms with Gasteiger partial charge in [-0.3, -0.25) is 0 Å². The first kappa shape index (κ1) is 14.8. The zero-order chi connectivity index (χ0) is 15.5. The summed E-state index contributed by atoms with van der Waals surface area (Å²) in [5.74, 6) is 0.336. The van der Waals surface area contributed by atoms with Crippen molar-refractivity contribution in [2.45, 2.75) is 0 Å². The van der Waals surface area contributed by atoms with Crippen molar-refractivity contribution in [2.24, 2.45) is 5.10 Å². The topological polar surface area (TPSA) is 56.2 Å². The number of hydrogen-bond donors (Lipinski definition) is 1. The van der Waals surface area contributed by atoms with Crippen LogP contribution in [0, 0.1) is 0 Å². The quantitative estimate of drug-likeness (QED) is 0.688. The average Bonchev–Trinajstić information content (AvgIpc) is 2.89. The minimum absolute atomic E-state index is 0.336. The molecule has 3 rings (SSSR count). The first-order valence-corrected chi connectivity index (χ1v) is 7.69. The Morgan fingerprint density at radius 1 is 1.09 bits per heavy atom. The van der Waals surface area contributed by atoms with Gasteiger partial charge in [0.05, 0.1) is 18.1 Å². The van der Waals surface area contributed by atoms with Crippen molar-refractivity contribution in [1.82, 2.24) is 9.66 Å². The summed E-state index contributed by atoms with van der Waals surface area (Å²) in [6, 6.07) is 15.3. The van der Waals surface area contributed by atoms with Crippen LogP contribution >= 0.6 is 27.5 Å². The molecule has 0 fully saturated rings. The van der Waals surface area contributed by atoms with Crippen molar-refractivity contribution in [2.75, 3.05) is 5.73 Å². The molecule has 2 N–H and O–H groups in total. The van der Waals surface area contributed by atoms with E-state index in [1.807, 2.05) is 48.5 Å². The van der Waals surface area contributed by atoms with E-state index in [4.69, 9.17) is 17.3 Å². The van der Waals surface area contributed by atoms with E-state index in [1.54, 1.807) is 17.1 Å². The largest absolute Gasteiger partial charge is 0.368 e. The van der Waals surface area contributed by atoms with E-state index in [0.717, 1.165) is 21.3 Å². The standard InChI is InChI=1S/C16H12BrClN4/c17-13-5-3-12(4-6-13)15-10-20-16(19)22(15)21-9-11-1-7-14(18)8-2-11/h1-10H,(H2,19,20). The highest BCUT2D eigenvalue weighted by molar-refractivity contribution is 9.10. The SMILES string of the molecule is Nc1ncc(-c2ccc(Br)cc2)n1N=Cc1ccc(Cl)cc1. The van der Waals surface area contributed by atoms with Gasteiger partial charge in [0.2, 0.25) is 5.95 Å². The molecule has 0 spiro atoms. The highest BCUT2D eigenvalue weighted by Gasteiger charge is 2.08. The summed E-state index contributed by atoms with van der Waals surface area (Å²) >= 11 is 9.29. The molecule has 4 nitrogen and oxygen atoms in total. The van der Waals surface area contributed by atoms with Crippen molar-refractivity contribution in [3.8, 4) is 11.3 Å². The second kappa shape index (κ2) is 6.34. The van der Waals surface area contributed by atoms with E-state index >= 15 is 0 Å². The number of imidazole rings is 1. The van der Waals surface area contributed by atoms with Crippen LogP contribution in [0.3, 0.4) is 0 Å². The second-order valence-corrected chi connectivity index (χ2v) is 5.97. The third-order valence-corrected chi connectivity index (χ3v) is 3.88. The monoisotopic (exact) mass is 374 g/mol. The Bertz CT molecular complexity index is 807. The molecule has 0 aliphatic heterocycles. The van der Waals surface area contributed by atoms with Gasteiger partial charge in [0.15, 0.2) is 0 Å². The van der Waals surface area contributed by atoms with Gasteiger partial charge in [-0.2, -0.15) is 9.78 Å². The summed E-state index contributed by atoms with van der Waals surface area (Å²) < 4.78 is 2.62. The van der Waals surface area contributed by atoms with E-state index in [0.29, 0.717) is 11.0 Å². The number of nitrogen functional groups attached to an aromatic ring is 1. The Labute approximate surface area is 141 Å². The number of nitrogens with zero attached hydrogens (tertiary/aromatic N) is 3. The number of hydrogen-bond acceptors (Lipinski definition) is 3. The number of benzene rings is 2. The van der Waals surface area contributed by atoms with E-state index in [9.17, 15) is 0 Å². The Hall–Kier alpha value is -2.11. The molecule has 6 heteroatoms. The minimum atomic E-state index is 0.336. The highest BCUT2D eigenvalue weighted by atomic mass is 79.9. The molecule has 0 aliphatic carbocycles. The number of halogens is 2. The third-order valence-electron chi connectivity index (χ3n) is 3.10. The molecule has 0 saturated carbocycles. The van der Waals surface area contributed by atoms with Gasteiger partial charge < -0.3 is 5.73 Å². The zero-order valence-electron chi connectivity index (χ0n) is 11.4. The molecule has 2 aromatic carbocycles. The summed E-state index contributed by atoms with van der Waals surface area (Å²) in [6.45, 7) is 0. The van der Waals surface area contributed by atoms with Crippen LogP contribution < -0.4 is 5.73 Å². The van der Waals surface area contributed by atoms with Gasteiger partial charge in [0.25, 0.3) is 0 Å². The summed E-state index contributed by atoms with van der Waals surface area (Å²) in [7, 11) is 0. The maximum atomic E-state index is 5.90. The molecule has 110 valence electrons. The summed E-state index contributed by atoms with van der Waals surface area (Å²) in [5, 5.41) is 5.10. The fourth-order valence-electron chi connectivity index (χ4n) is 1.97. The molecule has 1 heterocycles. The lowest BCUT2D eigenvalue weighted by Crippen LogP contribution is -2.00. The van der Waals surface area contributed by atoms with E-state index in [-0.39, 0.29) is 0 Å². The van der Waals surface area contributed by atoms with Crippen LogP contribution in [0.4, 0.5) is 5.95 Å². The van der Waals surface area contributed by atoms with Gasteiger partial charge in [-0.25, -0.2) is 4.98 Å². The van der Waals surface area contributed by atoms with E-state index in [2.05, 4.69) is 26.0 Å². The zero-order valence-corrected chi connectivity index (χ0v) is 13.8. The van der Waals surface area contributed by atoms with Gasteiger partial charge in [0, 0.05) is 15.1 Å². The molecule has 0 radical (unpaired) electrons. The van der Waals surface area contributed by atoms with Crippen LogP contribution in [0.1, 0.15) is 5.56 Å². The van der Waals surface area contributed by atoms with Crippen LogP contribution in [-0.2, 0) is 0 Å². The second-order valence-electron chi connectivity index (χ2n) is 4.62. The van der Waals surface area contributed by atoms with Crippen molar-refractivity contribution in [1.29, 1.82) is 0 Å². The molecule has 0 saturated heterocycles. The molecule has 0 amide bonds. The van der Waals surface area contributed by atoms with Crippen molar-refractivity contribution < 1.29 is 0 Å². The molecule has 0 bridgehead atoms. The molecular formula is C16H12BrClN4. The molecule has 0 unspecified atom stereocenters. The molecular weight excluding hydrogens is 364 g/mol. The van der Waals surface area contributed by atoms with Gasteiger partial charge in [-0.1, -0.05) is 51.8 Å². The first-order valence-electron chi connectivity index (χ1n) is 6.52. The number of rotatable bonds is 3. The molecule has 0 atom stereocenters. The Kier molecular flexibility index (Phi) is 4.27. The van der Waals surface area contributed by atoms with Gasteiger partial charge >= 0.3 is 0 Å².